The molecule has 12 heteroatoms. The molecule has 0 fully saturated rings. The quantitative estimate of drug-likeness (QED) is 0.216. The van der Waals surface area contributed by atoms with Crippen LogP contribution in [0, 0.1) is 0 Å². The zero-order valence-corrected chi connectivity index (χ0v) is 24.8. The number of para-hydroxylation sites is 2. The monoisotopic (exact) mass is 643 g/mol. The fourth-order valence-electron chi connectivity index (χ4n) is 4.45. The molecule has 1 aliphatic rings. The van der Waals surface area contributed by atoms with Gasteiger partial charge in [0.1, 0.15) is 24.7 Å². The largest absolute Gasteiger partial charge is 0.495 e. The smallest absolute Gasteiger partial charge is 0.255 e. The van der Waals surface area contributed by atoms with Crippen LogP contribution in [0.25, 0.3) is 0 Å². The summed E-state index contributed by atoms with van der Waals surface area (Å²) < 4.78 is 19.5. The number of carbonyl (C=O) groups excluding carboxylic acids is 1. The molecule has 2 heterocycles. The summed E-state index contributed by atoms with van der Waals surface area (Å²) in [6.07, 6.45) is 1.44. The number of methoxy groups -OCH3 is 2. The predicted octanol–water partition coefficient (Wildman–Crippen LogP) is 6.87. The average molecular weight is 645 g/mol. The Bertz CT molecular complexity index is 1620. The molecule has 4 aromatic rings. The number of anilines is 2. The Kier molecular flexibility index (Phi) is 8.20. The van der Waals surface area contributed by atoms with Crippen molar-refractivity contribution in [2.24, 2.45) is 0 Å². The molecule has 5 rings (SSSR count). The second kappa shape index (κ2) is 11.8. The number of halogens is 3. The number of benzene rings is 3. The molecule has 1 amide bonds. The van der Waals surface area contributed by atoms with Gasteiger partial charge in [0.15, 0.2) is 11.5 Å². The van der Waals surface area contributed by atoms with E-state index in [4.69, 9.17) is 37.4 Å². The highest BCUT2D eigenvalue weighted by molar-refractivity contribution is 9.10. The molecule has 1 aliphatic heterocycles. The first-order valence-corrected chi connectivity index (χ1v) is 13.6. The lowest BCUT2D eigenvalue weighted by Crippen LogP contribution is -2.31. The fourth-order valence-corrected chi connectivity index (χ4v) is 5.35. The lowest BCUT2D eigenvalue weighted by Gasteiger charge is -2.29. The standard InChI is InChI=1S/C28H24BrCl2N5O4/c1-15-24(27(37)35-21-6-4-5-7-22(21)38-2)25(36-28(34-15)32-14-33-36)17-11-18(29)26(23(12-17)39-3)40-13-16-8-9-19(30)20(31)10-16/h4-12,14,25H,13H2,1-3H3,(H,35,37)(H,32,33,34). The molecule has 206 valence electrons. The van der Waals surface area contributed by atoms with Gasteiger partial charge >= 0.3 is 0 Å². The molecule has 1 unspecified atom stereocenters. The fraction of sp³-hybridized carbons (Fsp3) is 0.179. The molecule has 0 radical (unpaired) electrons. The van der Waals surface area contributed by atoms with Crippen LogP contribution < -0.4 is 24.8 Å². The average Bonchev–Trinajstić information content (AvgIpc) is 3.41. The van der Waals surface area contributed by atoms with Crippen LogP contribution in [0.2, 0.25) is 10.0 Å². The van der Waals surface area contributed by atoms with E-state index in [9.17, 15) is 4.79 Å². The number of fused-ring (bicyclic) bond motifs is 1. The number of hydrogen-bond acceptors (Lipinski definition) is 7. The van der Waals surface area contributed by atoms with E-state index in [-0.39, 0.29) is 12.5 Å². The predicted molar refractivity (Wildman–Crippen MR) is 158 cm³/mol. The van der Waals surface area contributed by atoms with Crippen LogP contribution in [0.3, 0.4) is 0 Å². The van der Waals surface area contributed by atoms with Crippen molar-refractivity contribution in [1.82, 2.24) is 14.8 Å². The molecular weight excluding hydrogens is 621 g/mol. The Morgan fingerprint density at radius 3 is 2.60 bits per heavy atom. The van der Waals surface area contributed by atoms with Crippen molar-refractivity contribution >= 4 is 56.7 Å². The van der Waals surface area contributed by atoms with E-state index in [1.807, 2.05) is 37.3 Å². The Labute approximate surface area is 249 Å². The van der Waals surface area contributed by atoms with Crippen molar-refractivity contribution < 1.29 is 19.0 Å². The third-order valence-corrected chi connectivity index (χ3v) is 7.66. The van der Waals surface area contributed by atoms with Crippen molar-refractivity contribution in [1.29, 1.82) is 0 Å². The van der Waals surface area contributed by atoms with Crippen LogP contribution in [-0.2, 0) is 11.4 Å². The number of amides is 1. The highest BCUT2D eigenvalue weighted by atomic mass is 79.9. The molecule has 0 saturated heterocycles. The normalized spacial score (nSPS) is 14.3. The van der Waals surface area contributed by atoms with Gasteiger partial charge in [0.25, 0.3) is 5.91 Å². The molecular formula is C28H24BrCl2N5O4. The number of carbonyl (C=O) groups is 1. The van der Waals surface area contributed by atoms with Gasteiger partial charge in [-0.05, 0) is 70.4 Å². The maximum atomic E-state index is 13.8. The molecule has 0 bridgehead atoms. The topological polar surface area (TPSA) is 99.5 Å². The molecule has 0 saturated carbocycles. The lowest BCUT2D eigenvalue weighted by atomic mass is 9.94. The van der Waals surface area contributed by atoms with Gasteiger partial charge in [-0.15, -0.1) is 0 Å². The number of nitrogens with one attached hydrogen (secondary N) is 2. The van der Waals surface area contributed by atoms with Crippen LogP contribution in [-0.4, -0.2) is 34.9 Å². The lowest BCUT2D eigenvalue weighted by molar-refractivity contribution is -0.113. The molecule has 40 heavy (non-hydrogen) atoms. The van der Waals surface area contributed by atoms with Gasteiger partial charge < -0.3 is 24.8 Å². The van der Waals surface area contributed by atoms with E-state index in [1.165, 1.54) is 6.33 Å². The Hall–Kier alpha value is -3.73. The Morgan fingerprint density at radius 2 is 1.85 bits per heavy atom. The van der Waals surface area contributed by atoms with Crippen molar-refractivity contribution in [3.8, 4) is 17.2 Å². The first kappa shape index (κ1) is 27.8. The van der Waals surface area contributed by atoms with E-state index in [1.54, 1.807) is 43.2 Å². The van der Waals surface area contributed by atoms with E-state index in [0.717, 1.165) is 11.1 Å². The van der Waals surface area contributed by atoms with Gasteiger partial charge in [-0.2, -0.15) is 10.1 Å². The molecule has 1 atom stereocenters. The molecule has 9 nitrogen and oxygen atoms in total. The molecule has 0 spiro atoms. The van der Waals surface area contributed by atoms with Gasteiger partial charge in [-0.1, -0.05) is 41.4 Å². The van der Waals surface area contributed by atoms with Gasteiger partial charge in [-0.25, -0.2) is 4.68 Å². The number of allylic oxidation sites excluding steroid dienone is 1. The molecule has 3 aromatic carbocycles. The number of hydrogen-bond donors (Lipinski definition) is 2. The summed E-state index contributed by atoms with van der Waals surface area (Å²) in [6, 6.07) is 15.6. The zero-order valence-electron chi connectivity index (χ0n) is 21.7. The number of rotatable bonds is 8. The second-order valence-corrected chi connectivity index (χ2v) is 10.5. The van der Waals surface area contributed by atoms with Gasteiger partial charge in [-0.3, -0.25) is 4.79 Å². The van der Waals surface area contributed by atoms with Crippen molar-refractivity contribution in [2.75, 3.05) is 24.9 Å². The summed E-state index contributed by atoms with van der Waals surface area (Å²) in [4.78, 5) is 18.1. The summed E-state index contributed by atoms with van der Waals surface area (Å²) >= 11 is 15.8. The van der Waals surface area contributed by atoms with Crippen molar-refractivity contribution in [3.05, 3.63) is 97.8 Å². The van der Waals surface area contributed by atoms with E-state index >= 15 is 0 Å². The minimum Gasteiger partial charge on any atom is -0.495 e. The summed E-state index contributed by atoms with van der Waals surface area (Å²) in [6.45, 7) is 2.06. The Balaban J connectivity index is 1.51. The molecule has 1 aromatic heterocycles. The van der Waals surface area contributed by atoms with Crippen LogP contribution in [0.15, 0.2) is 76.7 Å². The first-order chi connectivity index (χ1) is 19.3. The summed E-state index contributed by atoms with van der Waals surface area (Å²) in [5.41, 5.74) is 3.19. The number of nitrogens with zero attached hydrogens (tertiary/aromatic N) is 3. The number of aromatic nitrogens is 3. The maximum absolute atomic E-state index is 13.8. The van der Waals surface area contributed by atoms with E-state index in [0.29, 0.717) is 54.7 Å². The third kappa shape index (κ3) is 5.47. The van der Waals surface area contributed by atoms with Gasteiger partial charge in [0.2, 0.25) is 5.95 Å². The highest BCUT2D eigenvalue weighted by Gasteiger charge is 2.35. The zero-order chi connectivity index (χ0) is 28.4. The number of ether oxygens (including phenoxy) is 3. The minimum atomic E-state index is -0.622. The third-order valence-electron chi connectivity index (χ3n) is 6.33. The van der Waals surface area contributed by atoms with Crippen LogP contribution >= 0.6 is 39.1 Å². The van der Waals surface area contributed by atoms with Gasteiger partial charge in [0, 0.05) is 5.70 Å². The van der Waals surface area contributed by atoms with Crippen LogP contribution in [0.1, 0.15) is 24.1 Å². The van der Waals surface area contributed by atoms with E-state index in [2.05, 4.69) is 36.6 Å². The van der Waals surface area contributed by atoms with Crippen molar-refractivity contribution in [3.63, 3.8) is 0 Å². The SMILES string of the molecule is COc1ccccc1NC(=O)C1=C(C)Nc2ncnn2C1c1cc(Br)c(OCc2ccc(Cl)c(Cl)c2)c(OC)c1. The highest BCUT2D eigenvalue weighted by Crippen LogP contribution is 2.43. The minimum absolute atomic E-state index is 0.233. The summed E-state index contributed by atoms with van der Waals surface area (Å²) in [5.74, 6) is 1.68. The van der Waals surface area contributed by atoms with Crippen LogP contribution in [0.5, 0.6) is 17.2 Å². The second-order valence-electron chi connectivity index (χ2n) is 8.82. The first-order valence-electron chi connectivity index (χ1n) is 12.1. The summed E-state index contributed by atoms with van der Waals surface area (Å²) in [5, 5.41) is 11.5. The maximum Gasteiger partial charge on any atom is 0.255 e. The van der Waals surface area contributed by atoms with Crippen LogP contribution in [0.4, 0.5) is 11.6 Å². The van der Waals surface area contributed by atoms with E-state index < -0.39 is 6.04 Å². The molecule has 2 N–H and O–H groups in total. The summed E-state index contributed by atoms with van der Waals surface area (Å²) in [7, 11) is 3.11. The molecule has 0 aliphatic carbocycles. The van der Waals surface area contributed by atoms with Gasteiger partial charge in [0.05, 0.1) is 40.0 Å². The Morgan fingerprint density at radius 1 is 1.07 bits per heavy atom. The van der Waals surface area contributed by atoms with Crippen molar-refractivity contribution in [2.45, 2.75) is 19.6 Å².